The third-order valence-corrected chi connectivity index (χ3v) is 2.84. The maximum atomic E-state index is 11.1. The molecule has 6 heteroatoms. The Morgan fingerprint density at radius 2 is 1.60 bits per heavy atom. The molecule has 0 saturated heterocycles. The van der Waals surface area contributed by atoms with Crippen LogP contribution in [-0.2, 0) is 0 Å². The average Bonchev–Trinajstić information content (AvgIpc) is 2.42. The van der Waals surface area contributed by atoms with E-state index in [4.69, 9.17) is 14.2 Å². The maximum Gasteiger partial charge on any atom is 0.249 e. The van der Waals surface area contributed by atoms with Crippen molar-refractivity contribution < 1.29 is 19.1 Å². The molecule has 110 valence electrons. The third kappa shape index (κ3) is 3.40. The lowest BCUT2D eigenvalue weighted by Gasteiger charge is -2.12. The molecule has 0 heterocycles. The third-order valence-electron chi connectivity index (χ3n) is 2.84. The van der Waals surface area contributed by atoms with E-state index < -0.39 is 0 Å². The van der Waals surface area contributed by atoms with E-state index in [2.05, 4.69) is 0 Å². The molecular formula is C14H19NO5. The summed E-state index contributed by atoms with van der Waals surface area (Å²) < 4.78 is 15.6. The molecule has 0 aliphatic rings. The Hall–Kier alpha value is -2.24. The van der Waals surface area contributed by atoms with Gasteiger partial charge in [0, 0.05) is 23.6 Å². The van der Waals surface area contributed by atoms with E-state index in [0.29, 0.717) is 22.8 Å². The van der Waals surface area contributed by atoms with Crippen LogP contribution in [-0.4, -0.2) is 26.3 Å². The van der Waals surface area contributed by atoms with Gasteiger partial charge in [0.1, 0.15) is 5.75 Å². The fourth-order valence-electron chi connectivity index (χ4n) is 1.76. The minimum atomic E-state index is -0.388. The predicted molar refractivity (Wildman–Crippen MR) is 75.9 cm³/mol. The van der Waals surface area contributed by atoms with E-state index in [1.54, 1.807) is 26.0 Å². The first-order valence-corrected chi connectivity index (χ1v) is 6.10. The Balaban J connectivity index is 3.42. The van der Waals surface area contributed by atoms with Crippen LogP contribution in [0, 0.1) is 16.0 Å². The van der Waals surface area contributed by atoms with E-state index in [1.165, 1.54) is 27.4 Å². The van der Waals surface area contributed by atoms with Gasteiger partial charge in [0.2, 0.25) is 5.70 Å². The monoisotopic (exact) mass is 281 g/mol. The number of benzene rings is 1. The summed E-state index contributed by atoms with van der Waals surface area (Å²) in [5.41, 5.74) is 0.682. The van der Waals surface area contributed by atoms with Crippen molar-refractivity contribution in [2.75, 3.05) is 21.3 Å². The molecule has 0 saturated carbocycles. The van der Waals surface area contributed by atoms with Gasteiger partial charge in [0.05, 0.1) is 26.3 Å². The van der Waals surface area contributed by atoms with Gasteiger partial charge in [0.15, 0.2) is 11.5 Å². The van der Waals surface area contributed by atoms with Gasteiger partial charge in [-0.15, -0.1) is 0 Å². The summed E-state index contributed by atoms with van der Waals surface area (Å²) in [6.45, 7) is 3.53. The largest absolute Gasteiger partial charge is 0.496 e. The Morgan fingerprint density at radius 3 is 2.00 bits per heavy atom. The van der Waals surface area contributed by atoms with Crippen LogP contribution in [0.25, 0.3) is 6.08 Å². The van der Waals surface area contributed by atoms with Crippen molar-refractivity contribution in [1.29, 1.82) is 0 Å². The number of nitro groups is 1. The smallest absolute Gasteiger partial charge is 0.249 e. The first kappa shape index (κ1) is 15.8. The molecule has 0 atom stereocenters. The SMILES string of the molecule is COc1cc(OC)c(OC)cc1/C=C(/C(C)C)[N+](=O)[O-]. The minimum Gasteiger partial charge on any atom is -0.496 e. The van der Waals surface area contributed by atoms with Crippen molar-refractivity contribution in [3.8, 4) is 17.2 Å². The zero-order valence-corrected chi connectivity index (χ0v) is 12.3. The van der Waals surface area contributed by atoms with Crippen LogP contribution in [0.4, 0.5) is 0 Å². The molecule has 20 heavy (non-hydrogen) atoms. The van der Waals surface area contributed by atoms with E-state index >= 15 is 0 Å². The maximum absolute atomic E-state index is 11.1. The zero-order valence-electron chi connectivity index (χ0n) is 12.3. The lowest BCUT2D eigenvalue weighted by molar-refractivity contribution is -0.431. The van der Waals surface area contributed by atoms with Gasteiger partial charge in [-0.3, -0.25) is 10.1 Å². The molecule has 1 aromatic carbocycles. The summed E-state index contributed by atoms with van der Waals surface area (Å²) in [6.07, 6.45) is 1.49. The van der Waals surface area contributed by atoms with Crippen LogP contribution < -0.4 is 14.2 Å². The number of hydrogen-bond donors (Lipinski definition) is 0. The highest BCUT2D eigenvalue weighted by Gasteiger charge is 2.18. The van der Waals surface area contributed by atoms with Crippen molar-refractivity contribution in [2.45, 2.75) is 13.8 Å². The second kappa shape index (κ2) is 6.79. The number of rotatable bonds is 6. The van der Waals surface area contributed by atoms with Gasteiger partial charge in [-0.05, 0) is 6.07 Å². The summed E-state index contributed by atoms with van der Waals surface area (Å²) in [4.78, 5) is 10.7. The van der Waals surface area contributed by atoms with Gasteiger partial charge in [-0.25, -0.2) is 0 Å². The minimum absolute atomic E-state index is 0.107. The molecule has 1 rings (SSSR count). The second-order valence-corrected chi connectivity index (χ2v) is 4.43. The highest BCUT2D eigenvalue weighted by Crippen LogP contribution is 2.36. The molecule has 0 spiro atoms. The molecule has 0 aliphatic heterocycles. The van der Waals surface area contributed by atoms with E-state index in [-0.39, 0.29) is 16.5 Å². The molecule has 0 aliphatic carbocycles. The summed E-state index contributed by atoms with van der Waals surface area (Å²) in [5, 5.41) is 11.1. The number of nitrogens with zero attached hydrogens (tertiary/aromatic N) is 1. The molecule has 0 N–H and O–H groups in total. The molecule has 0 radical (unpaired) electrons. The molecular weight excluding hydrogens is 262 g/mol. The van der Waals surface area contributed by atoms with E-state index in [0.717, 1.165) is 0 Å². The molecule has 6 nitrogen and oxygen atoms in total. The zero-order chi connectivity index (χ0) is 15.3. The van der Waals surface area contributed by atoms with Crippen LogP contribution >= 0.6 is 0 Å². The van der Waals surface area contributed by atoms with Crippen LogP contribution in [0.15, 0.2) is 17.8 Å². The fourth-order valence-corrected chi connectivity index (χ4v) is 1.76. The Bertz CT molecular complexity index is 523. The Kier molecular flexibility index (Phi) is 5.37. The predicted octanol–water partition coefficient (Wildman–Crippen LogP) is 2.99. The van der Waals surface area contributed by atoms with Crippen LogP contribution in [0.3, 0.4) is 0 Å². The van der Waals surface area contributed by atoms with Crippen LogP contribution in [0.5, 0.6) is 17.2 Å². The number of hydrogen-bond acceptors (Lipinski definition) is 5. The molecule has 0 unspecified atom stereocenters. The highest BCUT2D eigenvalue weighted by atomic mass is 16.6. The standard InChI is InChI=1S/C14H19NO5/c1-9(2)11(15(16)17)6-10-7-13(19-4)14(20-5)8-12(10)18-3/h6-9H,1-5H3/b11-6-. The summed E-state index contributed by atoms with van der Waals surface area (Å²) in [6, 6.07) is 3.30. The second-order valence-electron chi connectivity index (χ2n) is 4.43. The lowest BCUT2D eigenvalue weighted by Crippen LogP contribution is -2.05. The van der Waals surface area contributed by atoms with Crippen LogP contribution in [0.2, 0.25) is 0 Å². The topological polar surface area (TPSA) is 70.8 Å². The van der Waals surface area contributed by atoms with E-state index in [1.807, 2.05) is 0 Å². The summed E-state index contributed by atoms with van der Waals surface area (Å²) >= 11 is 0. The van der Waals surface area contributed by atoms with Crippen molar-refractivity contribution in [2.24, 2.45) is 5.92 Å². The number of methoxy groups -OCH3 is 3. The van der Waals surface area contributed by atoms with Gasteiger partial charge < -0.3 is 14.2 Å². The van der Waals surface area contributed by atoms with Crippen molar-refractivity contribution in [1.82, 2.24) is 0 Å². The first-order chi connectivity index (χ1) is 9.44. The number of allylic oxidation sites excluding steroid dienone is 1. The van der Waals surface area contributed by atoms with Gasteiger partial charge in [0.25, 0.3) is 0 Å². The molecule has 0 amide bonds. The Labute approximate surface area is 118 Å². The van der Waals surface area contributed by atoms with Crippen molar-refractivity contribution in [3.63, 3.8) is 0 Å². The number of ether oxygens (including phenoxy) is 3. The molecule has 0 bridgehead atoms. The summed E-state index contributed by atoms with van der Waals surface area (Å²) in [5.74, 6) is 1.28. The Morgan fingerprint density at radius 1 is 1.10 bits per heavy atom. The van der Waals surface area contributed by atoms with E-state index in [9.17, 15) is 10.1 Å². The average molecular weight is 281 g/mol. The first-order valence-electron chi connectivity index (χ1n) is 6.10. The van der Waals surface area contributed by atoms with Gasteiger partial charge in [-0.1, -0.05) is 13.8 Å². The molecule has 1 aromatic rings. The normalized spacial score (nSPS) is 11.4. The lowest BCUT2D eigenvalue weighted by atomic mass is 10.1. The van der Waals surface area contributed by atoms with Gasteiger partial charge in [-0.2, -0.15) is 0 Å². The molecule has 0 fully saturated rings. The molecule has 0 aromatic heterocycles. The fraction of sp³-hybridized carbons (Fsp3) is 0.429. The van der Waals surface area contributed by atoms with Crippen molar-refractivity contribution >= 4 is 6.08 Å². The quantitative estimate of drug-likeness (QED) is 0.592. The summed E-state index contributed by atoms with van der Waals surface area (Å²) in [7, 11) is 4.53. The highest BCUT2D eigenvalue weighted by molar-refractivity contribution is 5.64. The van der Waals surface area contributed by atoms with Gasteiger partial charge >= 0.3 is 0 Å². The van der Waals surface area contributed by atoms with Crippen molar-refractivity contribution in [3.05, 3.63) is 33.5 Å². The van der Waals surface area contributed by atoms with Crippen LogP contribution in [0.1, 0.15) is 19.4 Å².